The van der Waals surface area contributed by atoms with Crippen molar-refractivity contribution in [1.29, 1.82) is 0 Å². The summed E-state index contributed by atoms with van der Waals surface area (Å²) in [6, 6.07) is 19.5. The molecule has 0 aliphatic heterocycles. The minimum atomic E-state index is -1.90. The molecule has 0 N–H and O–H groups in total. The van der Waals surface area contributed by atoms with Crippen molar-refractivity contribution < 1.29 is 42.3 Å². The summed E-state index contributed by atoms with van der Waals surface area (Å²) >= 11 is 0. The van der Waals surface area contributed by atoms with Crippen molar-refractivity contribution >= 4 is 45.0 Å². The van der Waals surface area contributed by atoms with Crippen molar-refractivity contribution in [2.24, 2.45) is 0 Å². The van der Waals surface area contributed by atoms with E-state index < -0.39 is 33.5 Å². The lowest BCUT2D eigenvalue weighted by molar-refractivity contribution is -0.384. The van der Waals surface area contributed by atoms with Gasteiger partial charge >= 0.3 is 17.6 Å². The molecule has 0 amide bonds. The fourth-order valence-corrected chi connectivity index (χ4v) is 17.3. The first kappa shape index (κ1) is 60.8. The van der Waals surface area contributed by atoms with Crippen molar-refractivity contribution in [2.75, 3.05) is 13.2 Å². The van der Waals surface area contributed by atoms with E-state index in [1.807, 2.05) is 6.92 Å². The lowest BCUT2D eigenvalue weighted by atomic mass is 10.1. The summed E-state index contributed by atoms with van der Waals surface area (Å²) in [6.45, 7) is 21.1. The van der Waals surface area contributed by atoms with Crippen molar-refractivity contribution in [3.8, 4) is 28.7 Å². The largest absolute Gasteiger partial charge is 0.494 e. The van der Waals surface area contributed by atoms with Crippen molar-refractivity contribution in [3.63, 3.8) is 0 Å². The number of ether oxygens (including phenoxy) is 5. The number of hydrogen-bond donors (Lipinski definition) is 0. The molecule has 0 aliphatic carbocycles. The van der Waals surface area contributed by atoms with Gasteiger partial charge in [0.1, 0.15) is 11.5 Å². The number of nitrogens with zero attached hydrogens (tertiary/aromatic N) is 1. The maximum atomic E-state index is 13.9. The van der Waals surface area contributed by atoms with Crippen LogP contribution in [0.3, 0.4) is 0 Å². The topological polar surface area (TPSA) is 133 Å². The van der Waals surface area contributed by atoms with Gasteiger partial charge in [0.15, 0.2) is 33.9 Å². The summed E-state index contributed by atoms with van der Waals surface area (Å²) in [5.74, 6) is -0.248. The number of carbonyl (C=O) groups is 2. The Balaban J connectivity index is 1.46. The quantitative estimate of drug-likeness (QED) is 0.0107. The summed E-state index contributed by atoms with van der Waals surface area (Å²) in [7, 11) is -3.58. The molecule has 73 heavy (non-hydrogen) atoms. The first-order chi connectivity index (χ1) is 35.0. The van der Waals surface area contributed by atoms with Crippen LogP contribution < -0.4 is 23.7 Å². The zero-order valence-electron chi connectivity index (χ0n) is 46.3. The molecule has 0 bridgehead atoms. The van der Waals surface area contributed by atoms with Crippen LogP contribution in [0.2, 0.25) is 38.3 Å². The molecule has 0 saturated heterocycles. The summed E-state index contributed by atoms with van der Waals surface area (Å²) in [4.78, 5) is 40.0. The highest BCUT2D eigenvalue weighted by Gasteiger charge is 2.35. The number of benzene rings is 4. The van der Waals surface area contributed by atoms with Gasteiger partial charge in [0.05, 0.1) is 40.8 Å². The van der Waals surface area contributed by atoms with Crippen LogP contribution in [-0.2, 0) is 4.12 Å². The second kappa shape index (κ2) is 32.6. The molecule has 1 unspecified atom stereocenters. The van der Waals surface area contributed by atoms with Gasteiger partial charge in [-0.1, -0.05) is 143 Å². The highest BCUT2D eigenvalue weighted by Crippen LogP contribution is 2.44. The summed E-state index contributed by atoms with van der Waals surface area (Å²) in [5.41, 5.74) is 0.644. The van der Waals surface area contributed by atoms with Crippen molar-refractivity contribution in [3.05, 3.63) is 94.0 Å². The number of carbonyl (C=O) groups excluding carboxylic acids is 2. The van der Waals surface area contributed by atoms with Crippen LogP contribution in [0, 0.1) is 10.1 Å². The Labute approximate surface area is 441 Å². The van der Waals surface area contributed by atoms with E-state index in [4.69, 9.17) is 27.8 Å². The van der Waals surface area contributed by atoms with Gasteiger partial charge in [0, 0.05) is 5.39 Å². The van der Waals surface area contributed by atoms with E-state index in [9.17, 15) is 19.7 Å². The molecule has 2 atom stereocenters. The number of hydrogen-bond acceptors (Lipinski definition) is 10. The zero-order chi connectivity index (χ0) is 53.1. The van der Waals surface area contributed by atoms with Gasteiger partial charge in [0.25, 0.3) is 0 Å². The first-order valence-corrected chi connectivity index (χ1v) is 34.4. The smallest absolute Gasteiger partial charge is 0.343 e. The Morgan fingerprint density at radius 3 is 1.40 bits per heavy atom. The molecule has 0 radical (unpaired) electrons. The number of rotatable bonds is 38. The van der Waals surface area contributed by atoms with Gasteiger partial charge in [-0.3, -0.25) is 10.1 Å². The fraction of sp³-hybridized carbons (Fsp3) is 0.600. The number of unbranched alkanes of at least 4 members (excludes halogenated alkanes) is 18. The monoisotopic (exact) mass is 1040 g/mol. The normalized spacial score (nSPS) is 12.6. The second-order valence-corrected chi connectivity index (χ2v) is 30.9. The second-order valence-electron chi connectivity index (χ2n) is 21.6. The minimum absolute atomic E-state index is 0.0707. The molecule has 4 aromatic rings. The van der Waals surface area contributed by atoms with Gasteiger partial charge in [0.2, 0.25) is 0 Å². The van der Waals surface area contributed by atoms with E-state index in [-0.39, 0.29) is 50.9 Å². The number of nitro benzene ring substituents is 1. The lowest BCUT2D eigenvalue weighted by Crippen LogP contribution is -2.45. The minimum Gasteiger partial charge on any atom is -0.494 e. The number of esters is 2. The van der Waals surface area contributed by atoms with Gasteiger partial charge in [-0.25, -0.2) is 9.59 Å². The third-order valence-corrected chi connectivity index (χ3v) is 20.9. The van der Waals surface area contributed by atoms with E-state index in [1.165, 1.54) is 121 Å². The maximum Gasteiger partial charge on any atom is 0.343 e. The zero-order valence-corrected chi connectivity index (χ0v) is 48.3. The molecule has 0 heterocycles. The molecule has 0 aliphatic rings. The predicted molar refractivity (Wildman–Crippen MR) is 303 cm³/mol. The van der Waals surface area contributed by atoms with E-state index >= 15 is 0 Å². The van der Waals surface area contributed by atoms with Crippen LogP contribution in [0.15, 0.2) is 72.8 Å². The molecule has 4 aromatic carbocycles. The van der Waals surface area contributed by atoms with Crippen LogP contribution in [0.4, 0.5) is 5.69 Å². The molecular formula is C60H91NO10Si2. The number of nitro groups is 1. The Bertz CT molecular complexity index is 2240. The summed E-state index contributed by atoms with van der Waals surface area (Å²) in [5, 5.41) is 13.3. The van der Waals surface area contributed by atoms with Gasteiger partial charge in [-0.05, 0) is 144 Å². The van der Waals surface area contributed by atoms with Crippen LogP contribution in [0.5, 0.6) is 28.7 Å². The average Bonchev–Trinajstić information content (AvgIpc) is 3.34. The lowest BCUT2D eigenvalue weighted by Gasteiger charge is -2.36. The van der Waals surface area contributed by atoms with E-state index in [0.29, 0.717) is 36.7 Å². The molecule has 0 fully saturated rings. The van der Waals surface area contributed by atoms with Gasteiger partial charge in [-0.2, -0.15) is 0 Å². The third-order valence-electron chi connectivity index (χ3n) is 13.7. The molecule has 0 spiro atoms. The third kappa shape index (κ3) is 22.3. The van der Waals surface area contributed by atoms with Gasteiger partial charge in [-0.15, -0.1) is 0 Å². The summed E-state index contributed by atoms with van der Waals surface area (Å²) < 4.78 is 36.9. The van der Waals surface area contributed by atoms with E-state index in [0.717, 1.165) is 38.5 Å². The molecule has 404 valence electrons. The fourth-order valence-electron chi connectivity index (χ4n) is 9.26. The Kier molecular flexibility index (Phi) is 27.1. The molecule has 13 heteroatoms. The summed E-state index contributed by atoms with van der Waals surface area (Å²) in [6.07, 6.45) is 27.0. The van der Waals surface area contributed by atoms with E-state index in [1.54, 1.807) is 54.6 Å². The Morgan fingerprint density at radius 2 is 0.945 bits per heavy atom. The van der Waals surface area contributed by atoms with Crippen LogP contribution in [0.1, 0.15) is 196 Å². The molecular weight excluding hydrogens is 951 g/mol. The molecule has 0 saturated carbocycles. The van der Waals surface area contributed by atoms with Crippen LogP contribution in [0.25, 0.3) is 10.8 Å². The predicted octanol–water partition coefficient (Wildman–Crippen LogP) is 18.2. The maximum absolute atomic E-state index is 13.9. The Hall–Kier alpha value is -4.73. The average molecular weight is 1040 g/mol. The Morgan fingerprint density at radius 1 is 0.521 bits per heavy atom. The highest BCUT2D eigenvalue weighted by atomic mass is 28.4. The molecule has 4 rings (SSSR count). The van der Waals surface area contributed by atoms with Crippen molar-refractivity contribution in [1.82, 2.24) is 0 Å². The standard InChI is InChI=1S/C60H91NO10Si2/c1-10-12-14-16-18-20-22-24-26-28-45-66-51-37-33-49(34-38-51)59(62)69-56-44-41-53-54(42-43-55(57(53)61(64)65)68-47(3)31-30-32-48(4)73(8,9)71-72(5,6)7)58(56)70-60(63)50-35-39-52(40-36-50)67-46-29-27-25-23-21-19-17-15-13-11-2/h33-44,47-48H,10-32,45-46H2,1-9H3/t47?,48-/m1/s1. The van der Waals surface area contributed by atoms with Crippen molar-refractivity contribution in [2.45, 2.75) is 220 Å². The molecule has 0 aromatic heterocycles. The highest BCUT2D eigenvalue weighted by molar-refractivity contribution is 6.84. The SMILES string of the molecule is CCCCCCCCCCCCOc1ccc(C(=O)Oc2ccc3c([N+](=O)[O-])c(OC(C)CCC[C@@H](C)[Si](C)(C)O[Si](C)(C)C)ccc3c2OC(=O)c2ccc(OCCCCCCCCCCCC)cc2)cc1. The van der Waals surface area contributed by atoms with Crippen LogP contribution >= 0.6 is 0 Å². The van der Waals surface area contributed by atoms with Crippen LogP contribution in [-0.4, -0.2) is 52.8 Å². The van der Waals surface area contributed by atoms with Gasteiger partial charge < -0.3 is 27.8 Å². The number of fused-ring (bicyclic) bond motifs is 1. The van der Waals surface area contributed by atoms with E-state index in [2.05, 4.69) is 53.5 Å². The molecule has 11 nitrogen and oxygen atoms in total. The first-order valence-electron chi connectivity index (χ1n) is 28.0.